The Morgan fingerprint density at radius 1 is 1.25 bits per heavy atom. The Morgan fingerprint density at radius 2 is 1.90 bits per heavy atom. The lowest BCUT2D eigenvalue weighted by atomic mass is 10.1. The molecule has 0 unspecified atom stereocenters. The van der Waals surface area contributed by atoms with Crippen LogP contribution in [0.3, 0.4) is 0 Å². The van der Waals surface area contributed by atoms with Gasteiger partial charge in [-0.25, -0.2) is 4.79 Å². The minimum Gasteiger partial charge on any atom is -0.330 e. The van der Waals surface area contributed by atoms with Gasteiger partial charge >= 0.3 is 6.03 Å². The third-order valence-electron chi connectivity index (χ3n) is 2.70. The summed E-state index contributed by atoms with van der Waals surface area (Å²) in [5.74, 6) is -0.391. The summed E-state index contributed by atoms with van der Waals surface area (Å²) in [6.07, 6.45) is 4.32. The lowest BCUT2D eigenvalue weighted by Crippen LogP contribution is -2.43. The number of amides is 3. The van der Waals surface area contributed by atoms with Crippen LogP contribution in [0.15, 0.2) is 30.3 Å². The van der Waals surface area contributed by atoms with Crippen LogP contribution in [0.4, 0.5) is 4.79 Å². The van der Waals surface area contributed by atoms with Gasteiger partial charge in [0.2, 0.25) is 6.29 Å². The van der Waals surface area contributed by atoms with E-state index in [0.717, 1.165) is 4.90 Å². The van der Waals surface area contributed by atoms with Crippen LogP contribution < -0.4 is 0 Å². The number of carbonyl (C=O) groups is 2. The molecule has 0 fully saturated rings. The van der Waals surface area contributed by atoms with Gasteiger partial charge in [-0.3, -0.25) is 14.5 Å². The van der Waals surface area contributed by atoms with Gasteiger partial charge in [0.1, 0.15) is 0 Å². The Hall–Kier alpha value is -2.43. The Labute approximate surface area is 118 Å². The van der Waals surface area contributed by atoms with Gasteiger partial charge < -0.3 is 4.90 Å². The van der Waals surface area contributed by atoms with E-state index in [4.69, 9.17) is 0 Å². The van der Waals surface area contributed by atoms with Crippen molar-refractivity contribution in [3.63, 3.8) is 0 Å². The van der Waals surface area contributed by atoms with Gasteiger partial charge in [0.15, 0.2) is 0 Å². The number of nitrogens with zero attached hydrogens (tertiary/aromatic N) is 2. The van der Waals surface area contributed by atoms with Gasteiger partial charge in [0.25, 0.3) is 5.91 Å². The van der Waals surface area contributed by atoms with E-state index in [1.807, 2.05) is 0 Å². The fraction of sp³-hybridized carbons (Fsp3) is 0.267. The first kappa shape index (κ1) is 15.6. The average molecular weight is 273 g/mol. The molecule has 3 amide bonds. The monoisotopic (exact) mass is 273 g/mol. The highest BCUT2D eigenvalue weighted by Crippen LogP contribution is 2.14. The van der Waals surface area contributed by atoms with E-state index in [1.54, 1.807) is 51.6 Å². The molecule has 105 valence electrons. The van der Waals surface area contributed by atoms with Crippen LogP contribution in [0.2, 0.25) is 0 Å². The van der Waals surface area contributed by atoms with Crippen molar-refractivity contribution in [2.24, 2.45) is 0 Å². The summed E-state index contributed by atoms with van der Waals surface area (Å²) in [6.45, 7) is 2.00. The van der Waals surface area contributed by atoms with Crippen LogP contribution in [0.1, 0.15) is 22.8 Å². The first-order chi connectivity index (χ1) is 9.52. The number of rotatable bonds is 4. The zero-order valence-electron chi connectivity index (χ0n) is 11.8. The Bertz CT molecular complexity index is 536. The zero-order chi connectivity index (χ0) is 15.1. The van der Waals surface area contributed by atoms with Crippen molar-refractivity contribution < 1.29 is 14.4 Å². The van der Waals surface area contributed by atoms with Crippen molar-refractivity contribution in [3.8, 4) is 0 Å². The van der Waals surface area contributed by atoms with E-state index in [0.29, 0.717) is 11.1 Å². The summed E-state index contributed by atoms with van der Waals surface area (Å²) in [5, 5.41) is 0. The van der Waals surface area contributed by atoms with Crippen LogP contribution in [-0.2, 0) is 4.79 Å². The van der Waals surface area contributed by atoms with Crippen LogP contribution in [0, 0.1) is 0 Å². The molecule has 1 radical (unpaired) electrons. The minimum atomic E-state index is -0.391. The van der Waals surface area contributed by atoms with Crippen molar-refractivity contribution in [1.29, 1.82) is 0 Å². The van der Waals surface area contributed by atoms with E-state index >= 15 is 0 Å². The maximum atomic E-state index is 12.5. The molecule has 0 N–H and O–H groups in total. The highest BCUT2D eigenvalue weighted by molar-refractivity contribution is 6.06. The number of carbonyl (C=O) groups excluding carboxylic acids is 3. The van der Waals surface area contributed by atoms with Crippen LogP contribution in [-0.4, -0.2) is 48.7 Å². The van der Waals surface area contributed by atoms with Crippen LogP contribution >= 0.6 is 0 Å². The van der Waals surface area contributed by atoms with Crippen LogP contribution in [0.25, 0.3) is 6.08 Å². The molecular weight excluding hydrogens is 256 g/mol. The van der Waals surface area contributed by atoms with E-state index in [2.05, 4.69) is 0 Å². The maximum absolute atomic E-state index is 12.5. The first-order valence-corrected chi connectivity index (χ1v) is 6.19. The minimum absolute atomic E-state index is 0.272. The normalized spacial score (nSPS) is 10.3. The molecule has 1 rings (SSSR count). The number of hydrogen-bond donors (Lipinski definition) is 0. The molecule has 0 aliphatic rings. The molecule has 0 heterocycles. The van der Waals surface area contributed by atoms with Crippen molar-refractivity contribution in [2.75, 3.05) is 20.6 Å². The van der Waals surface area contributed by atoms with Crippen molar-refractivity contribution in [1.82, 2.24) is 9.80 Å². The molecule has 1 aromatic rings. The van der Waals surface area contributed by atoms with Crippen molar-refractivity contribution >= 4 is 24.3 Å². The lowest BCUT2D eigenvalue weighted by Gasteiger charge is -2.23. The smallest absolute Gasteiger partial charge is 0.326 e. The molecule has 5 heteroatoms. The summed E-state index contributed by atoms with van der Waals surface area (Å²) in [6, 6.07) is 6.42. The highest BCUT2D eigenvalue weighted by atomic mass is 16.2. The third-order valence-corrected chi connectivity index (χ3v) is 2.70. The second-order valence-corrected chi connectivity index (χ2v) is 4.26. The number of benzene rings is 1. The maximum Gasteiger partial charge on any atom is 0.326 e. The molecule has 20 heavy (non-hydrogen) atoms. The Morgan fingerprint density at radius 3 is 2.45 bits per heavy atom. The third kappa shape index (κ3) is 3.54. The number of imide groups is 1. The van der Waals surface area contributed by atoms with Gasteiger partial charge in [0.05, 0.1) is 0 Å². The highest BCUT2D eigenvalue weighted by Gasteiger charge is 2.23. The Balaban J connectivity index is 3.16. The van der Waals surface area contributed by atoms with E-state index in [-0.39, 0.29) is 12.6 Å². The van der Waals surface area contributed by atoms with Gasteiger partial charge in [-0.2, -0.15) is 0 Å². The topological polar surface area (TPSA) is 57.7 Å². The Kier molecular flexibility index (Phi) is 5.65. The zero-order valence-corrected chi connectivity index (χ0v) is 11.8. The lowest BCUT2D eigenvalue weighted by molar-refractivity contribution is 0.0783. The molecule has 0 atom stereocenters. The number of hydrogen-bond acceptors (Lipinski definition) is 3. The molecule has 5 nitrogen and oxygen atoms in total. The summed E-state index contributed by atoms with van der Waals surface area (Å²) >= 11 is 0. The SMILES string of the molecule is CCN(C(=O)c1ccccc1/C=C/[C]=O)C(=O)N(C)C. The number of urea groups is 1. The quantitative estimate of drug-likeness (QED) is 0.788. The van der Waals surface area contributed by atoms with Crippen LogP contribution in [0.5, 0.6) is 0 Å². The summed E-state index contributed by atoms with van der Waals surface area (Å²) < 4.78 is 0. The molecule has 0 spiro atoms. The van der Waals surface area contributed by atoms with Crippen molar-refractivity contribution in [3.05, 3.63) is 41.5 Å². The predicted molar refractivity (Wildman–Crippen MR) is 77.0 cm³/mol. The summed E-state index contributed by atoms with van der Waals surface area (Å²) in [4.78, 5) is 37.2. The van der Waals surface area contributed by atoms with E-state index in [1.165, 1.54) is 17.1 Å². The van der Waals surface area contributed by atoms with E-state index in [9.17, 15) is 14.4 Å². The average Bonchev–Trinajstić information content (AvgIpc) is 2.45. The number of allylic oxidation sites excluding steroid dienone is 1. The first-order valence-electron chi connectivity index (χ1n) is 6.19. The molecular formula is C15H17N2O3. The second kappa shape index (κ2) is 7.23. The van der Waals surface area contributed by atoms with Gasteiger partial charge in [-0.1, -0.05) is 24.3 Å². The molecule has 0 saturated heterocycles. The fourth-order valence-corrected chi connectivity index (χ4v) is 1.71. The largest absolute Gasteiger partial charge is 0.330 e. The molecule has 0 bridgehead atoms. The standard InChI is InChI=1S/C15H17N2O3/c1-4-17(15(20)16(2)3)14(19)13-10-6-5-8-12(13)9-7-11-18/h5-10H,4H2,1-3H3/b9-7+. The summed E-state index contributed by atoms with van der Waals surface area (Å²) in [5.41, 5.74) is 0.946. The van der Waals surface area contributed by atoms with Gasteiger partial charge in [0, 0.05) is 26.2 Å². The van der Waals surface area contributed by atoms with Gasteiger partial charge in [-0.15, -0.1) is 0 Å². The predicted octanol–water partition coefficient (Wildman–Crippen LogP) is 1.95. The van der Waals surface area contributed by atoms with Crippen molar-refractivity contribution in [2.45, 2.75) is 6.92 Å². The second-order valence-electron chi connectivity index (χ2n) is 4.26. The molecule has 1 aromatic carbocycles. The summed E-state index contributed by atoms with van der Waals surface area (Å²) in [7, 11) is 3.18. The molecule has 0 saturated carbocycles. The van der Waals surface area contributed by atoms with Gasteiger partial charge in [-0.05, 0) is 24.6 Å². The molecule has 0 aliphatic carbocycles. The van der Waals surface area contributed by atoms with E-state index < -0.39 is 5.91 Å². The fourth-order valence-electron chi connectivity index (χ4n) is 1.71. The molecule has 0 aromatic heterocycles. The molecule has 0 aliphatic heterocycles.